The Morgan fingerprint density at radius 3 is 2.53 bits per heavy atom. The summed E-state index contributed by atoms with van der Waals surface area (Å²) in [5, 5.41) is 16.5. The van der Waals surface area contributed by atoms with Crippen molar-refractivity contribution in [2.24, 2.45) is 0 Å². The van der Waals surface area contributed by atoms with Gasteiger partial charge < -0.3 is 34.7 Å². The molecule has 0 spiro atoms. The molecule has 0 radical (unpaired) electrons. The molecule has 1 aliphatic rings. The summed E-state index contributed by atoms with van der Waals surface area (Å²) in [6, 6.07) is 17.9. The second-order valence-corrected chi connectivity index (χ2v) is 10.7. The van der Waals surface area contributed by atoms with Crippen molar-refractivity contribution in [1.29, 1.82) is 0 Å². The van der Waals surface area contributed by atoms with Gasteiger partial charge in [-0.1, -0.05) is 12.1 Å². The van der Waals surface area contributed by atoms with Crippen LogP contribution in [0.4, 0.5) is 11.4 Å². The fraction of sp³-hybridized carbons (Fsp3) is 0.250. The Balaban J connectivity index is 1.67. The average molecular weight is 600 g/mol. The lowest BCUT2D eigenvalue weighted by Crippen LogP contribution is -2.29. The molecule has 5 rings (SSSR count). The van der Waals surface area contributed by atoms with Gasteiger partial charge in [0.25, 0.3) is 0 Å². The van der Waals surface area contributed by atoms with Gasteiger partial charge in [0.05, 0.1) is 36.1 Å². The van der Waals surface area contributed by atoms with Gasteiger partial charge in [0, 0.05) is 36.1 Å². The third-order valence-corrected chi connectivity index (χ3v) is 7.91. The summed E-state index contributed by atoms with van der Waals surface area (Å²) in [5.74, 6) is -0.801. The van der Waals surface area contributed by atoms with Crippen LogP contribution in [0.25, 0.3) is 5.69 Å². The minimum Gasteiger partial charge on any atom is -0.495 e. The number of carboxylic acids is 1. The van der Waals surface area contributed by atoms with Crippen LogP contribution in [0.1, 0.15) is 50.7 Å². The second-order valence-electron chi connectivity index (χ2n) is 10.3. The summed E-state index contributed by atoms with van der Waals surface area (Å²) in [7, 11) is 3.00. The highest BCUT2D eigenvalue weighted by Gasteiger charge is 2.42. The molecule has 2 atom stereocenters. The average Bonchev–Trinajstić information content (AvgIpc) is 3.48. The lowest BCUT2D eigenvalue weighted by atomic mass is 9.96. The summed E-state index contributed by atoms with van der Waals surface area (Å²) < 4.78 is 12.6. The van der Waals surface area contributed by atoms with Crippen LogP contribution in [0.15, 0.2) is 66.9 Å². The predicted molar refractivity (Wildman–Crippen MR) is 168 cm³/mol. The molecule has 3 heterocycles. The van der Waals surface area contributed by atoms with E-state index in [4.69, 9.17) is 21.7 Å². The lowest BCUT2D eigenvalue weighted by Gasteiger charge is -2.29. The van der Waals surface area contributed by atoms with Crippen LogP contribution in [0.5, 0.6) is 5.75 Å². The lowest BCUT2D eigenvalue weighted by molar-refractivity contribution is -0.119. The number of aromatic carboxylic acids is 1. The van der Waals surface area contributed by atoms with E-state index >= 15 is 0 Å². The number of aryl methyl sites for hydroxylation is 2. The normalized spacial score (nSPS) is 16.2. The molecule has 4 aromatic rings. The SMILES string of the molecule is COCC(=O)Nc1cc(N2C(=S)N[C@H](c3ccccn3)[C@@H]2c2cc(C)n(-c3cc(C(=O)O)ccc3C)c2C)ccc1OC. The fourth-order valence-corrected chi connectivity index (χ4v) is 6.00. The predicted octanol–water partition coefficient (Wildman–Crippen LogP) is 5.27. The van der Waals surface area contributed by atoms with Gasteiger partial charge in [-0.3, -0.25) is 9.78 Å². The van der Waals surface area contributed by atoms with E-state index in [9.17, 15) is 14.7 Å². The van der Waals surface area contributed by atoms with Gasteiger partial charge in [-0.25, -0.2) is 4.79 Å². The van der Waals surface area contributed by atoms with E-state index in [1.165, 1.54) is 7.11 Å². The number of rotatable bonds is 9. The number of carbonyl (C=O) groups is 2. The van der Waals surface area contributed by atoms with E-state index in [1.54, 1.807) is 31.5 Å². The second kappa shape index (κ2) is 12.2. The highest BCUT2D eigenvalue weighted by molar-refractivity contribution is 7.80. The molecule has 1 amide bonds. The Kier molecular flexibility index (Phi) is 8.47. The zero-order chi connectivity index (χ0) is 30.8. The van der Waals surface area contributed by atoms with Crippen LogP contribution in [0.3, 0.4) is 0 Å². The number of methoxy groups -OCH3 is 2. The molecule has 2 aromatic carbocycles. The van der Waals surface area contributed by atoms with Crippen LogP contribution in [0, 0.1) is 20.8 Å². The van der Waals surface area contributed by atoms with Gasteiger partial charge in [-0.2, -0.15) is 0 Å². The van der Waals surface area contributed by atoms with Crippen molar-refractivity contribution in [3.8, 4) is 11.4 Å². The first-order valence-corrected chi connectivity index (χ1v) is 14.1. The summed E-state index contributed by atoms with van der Waals surface area (Å²) in [5.41, 5.74) is 6.86. The molecule has 0 saturated carbocycles. The first kappa shape index (κ1) is 29.7. The first-order chi connectivity index (χ1) is 20.6. The highest BCUT2D eigenvalue weighted by atomic mass is 32.1. The van der Waals surface area contributed by atoms with Crippen LogP contribution in [-0.4, -0.2) is 52.5 Å². The van der Waals surface area contributed by atoms with Crippen molar-refractivity contribution in [3.63, 3.8) is 0 Å². The van der Waals surface area contributed by atoms with Crippen molar-refractivity contribution in [3.05, 3.63) is 101 Å². The van der Waals surface area contributed by atoms with E-state index in [-0.39, 0.29) is 30.2 Å². The number of thiocarbonyl (C=S) groups is 1. The van der Waals surface area contributed by atoms with Crippen molar-refractivity contribution in [1.82, 2.24) is 14.9 Å². The summed E-state index contributed by atoms with van der Waals surface area (Å²) in [6.45, 7) is 5.89. The largest absolute Gasteiger partial charge is 0.495 e. The Labute approximate surface area is 255 Å². The molecular weight excluding hydrogens is 566 g/mol. The number of benzene rings is 2. The zero-order valence-electron chi connectivity index (χ0n) is 24.5. The van der Waals surface area contributed by atoms with E-state index in [2.05, 4.69) is 26.3 Å². The molecule has 11 heteroatoms. The van der Waals surface area contributed by atoms with Gasteiger partial charge in [0.15, 0.2) is 5.11 Å². The number of nitrogens with zero attached hydrogens (tertiary/aromatic N) is 3. The van der Waals surface area contributed by atoms with E-state index in [0.29, 0.717) is 16.5 Å². The van der Waals surface area contributed by atoms with Gasteiger partial charge in [0.1, 0.15) is 12.4 Å². The molecule has 1 fully saturated rings. The summed E-state index contributed by atoms with van der Waals surface area (Å²) in [4.78, 5) is 30.9. The topological polar surface area (TPSA) is 118 Å². The molecule has 2 aromatic heterocycles. The Morgan fingerprint density at radius 2 is 1.86 bits per heavy atom. The number of hydrogen-bond donors (Lipinski definition) is 3. The zero-order valence-corrected chi connectivity index (χ0v) is 25.4. The molecule has 10 nitrogen and oxygen atoms in total. The number of carboxylic acid groups (broad SMARTS) is 1. The van der Waals surface area contributed by atoms with Gasteiger partial charge in [-0.05, 0) is 92.6 Å². The molecule has 222 valence electrons. The number of anilines is 2. The monoisotopic (exact) mass is 599 g/mol. The maximum atomic E-state index is 12.4. The van der Waals surface area contributed by atoms with E-state index in [0.717, 1.165) is 39.6 Å². The summed E-state index contributed by atoms with van der Waals surface area (Å²) >= 11 is 5.93. The molecular formula is C32H33N5O5S. The molecule has 0 bridgehead atoms. The number of aromatic nitrogens is 2. The van der Waals surface area contributed by atoms with Crippen molar-refractivity contribution >= 4 is 40.6 Å². The Morgan fingerprint density at radius 1 is 1.07 bits per heavy atom. The molecule has 0 aliphatic carbocycles. The molecule has 43 heavy (non-hydrogen) atoms. The standard InChI is InChI=1S/C32H33N5O5S/c1-18-9-10-21(31(39)40)15-26(18)36-19(2)14-23(20(36)3)30-29(24-8-6-7-13-33-24)35-32(43)37(30)22-11-12-27(42-5)25(16-22)34-28(38)17-41-4/h6-16,29-30H,17H2,1-5H3,(H,34,38)(H,35,43)(H,39,40)/t29-,30+/m1/s1. The molecule has 3 N–H and O–H groups in total. The van der Waals surface area contributed by atoms with Gasteiger partial charge in [-0.15, -0.1) is 0 Å². The maximum Gasteiger partial charge on any atom is 0.335 e. The number of hydrogen-bond acceptors (Lipinski definition) is 6. The highest BCUT2D eigenvalue weighted by Crippen LogP contribution is 2.45. The van der Waals surface area contributed by atoms with Crippen LogP contribution >= 0.6 is 12.2 Å². The molecule has 1 aliphatic heterocycles. The molecule has 0 unspecified atom stereocenters. The Hall–Kier alpha value is -4.74. The van der Waals surface area contributed by atoms with Gasteiger partial charge in [0.2, 0.25) is 5.91 Å². The number of ether oxygens (including phenoxy) is 2. The smallest absolute Gasteiger partial charge is 0.335 e. The van der Waals surface area contributed by atoms with E-state index in [1.807, 2.05) is 62.1 Å². The van der Waals surface area contributed by atoms with Crippen LogP contribution in [0.2, 0.25) is 0 Å². The van der Waals surface area contributed by atoms with Crippen molar-refractivity contribution in [2.75, 3.05) is 31.0 Å². The minimum atomic E-state index is -0.983. The fourth-order valence-electron chi connectivity index (χ4n) is 5.65. The van der Waals surface area contributed by atoms with Crippen LogP contribution < -0.4 is 20.3 Å². The van der Waals surface area contributed by atoms with Crippen molar-refractivity contribution in [2.45, 2.75) is 32.9 Å². The van der Waals surface area contributed by atoms with E-state index < -0.39 is 5.97 Å². The third kappa shape index (κ3) is 5.69. The number of nitrogens with one attached hydrogen (secondary N) is 2. The quantitative estimate of drug-likeness (QED) is 0.221. The van der Waals surface area contributed by atoms with Crippen LogP contribution in [-0.2, 0) is 9.53 Å². The van der Waals surface area contributed by atoms with Crippen molar-refractivity contribution < 1.29 is 24.2 Å². The Bertz CT molecular complexity index is 1700. The summed E-state index contributed by atoms with van der Waals surface area (Å²) in [6.07, 6.45) is 1.75. The minimum absolute atomic E-state index is 0.101. The number of carbonyl (C=O) groups excluding carboxylic acids is 1. The number of amides is 1. The number of pyridine rings is 1. The first-order valence-electron chi connectivity index (χ1n) is 13.6. The maximum absolute atomic E-state index is 12.4. The third-order valence-electron chi connectivity index (χ3n) is 7.59. The molecule has 1 saturated heterocycles. The van der Waals surface area contributed by atoms with Gasteiger partial charge >= 0.3 is 5.97 Å².